The van der Waals surface area contributed by atoms with E-state index in [0.717, 1.165) is 46.4 Å². The predicted molar refractivity (Wildman–Crippen MR) is 100 cm³/mol. The maximum absolute atomic E-state index is 12.2. The van der Waals surface area contributed by atoms with Crippen LogP contribution in [0.4, 0.5) is 4.79 Å². The SMILES string of the molecule is O=C(NCc1cc(Br)cs1)N1CCN(Cc2ccc(Cl)s2)CC1. The molecule has 0 unspecified atom stereocenters. The van der Waals surface area contributed by atoms with E-state index in [4.69, 9.17) is 11.6 Å². The average Bonchev–Trinajstić information content (AvgIpc) is 3.14. The van der Waals surface area contributed by atoms with E-state index >= 15 is 0 Å². The van der Waals surface area contributed by atoms with Gasteiger partial charge in [0.1, 0.15) is 0 Å². The van der Waals surface area contributed by atoms with E-state index in [1.807, 2.05) is 22.4 Å². The molecule has 1 fully saturated rings. The van der Waals surface area contributed by atoms with Crippen LogP contribution in [0.2, 0.25) is 4.34 Å². The van der Waals surface area contributed by atoms with E-state index < -0.39 is 0 Å². The molecule has 23 heavy (non-hydrogen) atoms. The first kappa shape index (κ1) is 17.2. The van der Waals surface area contributed by atoms with Gasteiger partial charge in [0, 0.05) is 52.3 Å². The molecule has 1 aliphatic heterocycles. The van der Waals surface area contributed by atoms with E-state index in [1.54, 1.807) is 22.7 Å². The number of halogens is 2. The first-order chi connectivity index (χ1) is 11.1. The Morgan fingerprint density at radius 3 is 2.65 bits per heavy atom. The summed E-state index contributed by atoms with van der Waals surface area (Å²) in [6.45, 7) is 4.82. The Hall–Kier alpha value is -0.600. The summed E-state index contributed by atoms with van der Waals surface area (Å²) in [7, 11) is 0. The molecule has 0 spiro atoms. The molecule has 0 radical (unpaired) electrons. The van der Waals surface area contributed by atoms with Crippen LogP contribution in [0.25, 0.3) is 0 Å². The lowest BCUT2D eigenvalue weighted by Crippen LogP contribution is -2.51. The lowest BCUT2D eigenvalue weighted by Gasteiger charge is -2.34. The molecule has 0 aliphatic carbocycles. The van der Waals surface area contributed by atoms with Crippen molar-refractivity contribution >= 4 is 56.2 Å². The minimum absolute atomic E-state index is 0.0216. The summed E-state index contributed by atoms with van der Waals surface area (Å²) in [6, 6.07) is 6.07. The maximum atomic E-state index is 12.2. The maximum Gasteiger partial charge on any atom is 0.317 e. The van der Waals surface area contributed by atoms with Crippen molar-refractivity contribution in [3.05, 3.63) is 42.1 Å². The van der Waals surface area contributed by atoms with Crippen molar-refractivity contribution in [2.24, 2.45) is 0 Å². The highest BCUT2D eigenvalue weighted by molar-refractivity contribution is 9.10. The summed E-state index contributed by atoms with van der Waals surface area (Å²) in [5.74, 6) is 0. The Kier molecular flexibility index (Phi) is 5.98. The monoisotopic (exact) mass is 433 g/mol. The fourth-order valence-corrected chi connectivity index (χ4v) is 5.01. The molecule has 8 heteroatoms. The van der Waals surface area contributed by atoms with Crippen molar-refractivity contribution in [3.8, 4) is 0 Å². The van der Waals surface area contributed by atoms with E-state index in [0.29, 0.717) is 6.54 Å². The molecule has 2 amide bonds. The zero-order valence-corrected chi connectivity index (χ0v) is 16.4. The minimum Gasteiger partial charge on any atom is -0.333 e. The molecule has 0 atom stereocenters. The topological polar surface area (TPSA) is 35.6 Å². The van der Waals surface area contributed by atoms with Gasteiger partial charge in [-0.3, -0.25) is 4.90 Å². The van der Waals surface area contributed by atoms with Gasteiger partial charge in [-0.05, 0) is 34.1 Å². The Balaban J connectivity index is 1.42. The standard InChI is InChI=1S/C15H17BrClN3OS2/c16-11-7-13(22-10-11)8-18-15(21)20-5-3-19(4-6-20)9-12-1-2-14(17)23-12/h1-2,7,10H,3-6,8-9H2,(H,18,21). The van der Waals surface area contributed by atoms with Crippen LogP contribution in [0.15, 0.2) is 28.1 Å². The number of hydrogen-bond acceptors (Lipinski definition) is 4. The molecule has 2 aromatic heterocycles. The fraction of sp³-hybridized carbons (Fsp3) is 0.400. The molecule has 2 aromatic rings. The molecular formula is C15H17BrClN3OS2. The Morgan fingerprint density at radius 2 is 2.04 bits per heavy atom. The zero-order chi connectivity index (χ0) is 16.2. The predicted octanol–water partition coefficient (Wildman–Crippen LogP) is 4.25. The number of thiophene rings is 2. The van der Waals surface area contributed by atoms with Gasteiger partial charge in [0.25, 0.3) is 0 Å². The Bertz CT molecular complexity index is 667. The van der Waals surface area contributed by atoms with Gasteiger partial charge in [0.15, 0.2) is 0 Å². The molecule has 3 heterocycles. The van der Waals surface area contributed by atoms with Crippen molar-refractivity contribution < 1.29 is 4.79 Å². The summed E-state index contributed by atoms with van der Waals surface area (Å²) in [4.78, 5) is 18.9. The van der Waals surface area contributed by atoms with Crippen LogP contribution in [0.5, 0.6) is 0 Å². The normalized spacial score (nSPS) is 15.8. The summed E-state index contributed by atoms with van der Waals surface area (Å²) >= 11 is 12.7. The van der Waals surface area contributed by atoms with Crippen LogP contribution < -0.4 is 5.32 Å². The van der Waals surface area contributed by atoms with E-state index in [-0.39, 0.29) is 6.03 Å². The molecule has 4 nitrogen and oxygen atoms in total. The second-order valence-corrected chi connectivity index (χ2v) is 9.07. The summed E-state index contributed by atoms with van der Waals surface area (Å²) < 4.78 is 1.90. The van der Waals surface area contributed by atoms with Gasteiger partial charge in [-0.1, -0.05) is 11.6 Å². The van der Waals surface area contributed by atoms with Crippen molar-refractivity contribution in [2.45, 2.75) is 13.1 Å². The van der Waals surface area contributed by atoms with Gasteiger partial charge < -0.3 is 10.2 Å². The fourth-order valence-electron chi connectivity index (χ4n) is 2.49. The average molecular weight is 435 g/mol. The van der Waals surface area contributed by atoms with Crippen molar-refractivity contribution in [1.29, 1.82) is 0 Å². The highest BCUT2D eigenvalue weighted by Gasteiger charge is 2.21. The minimum atomic E-state index is 0.0216. The van der Waals surface area contributed by atoms with Crippen molar-refractivity contribution in [2.75, 3.05) is 26.2 Å². The molecule has 1 aliphatic rings. The molecule has 1 saturated heterocycles. The molecular weight excluding hydrogens is 418 g/mol. The molecule has 1 N–H and O–H groups in total. The third-order valence-electron chi connectivity index (χ3n) is 3.70. The molecule has 0 aromatic carbocycles. The molecule has 3 rings (SSSR count). The quantitative estimate of drug-likeness (QED) is 0.780. The summed E-state index contributed by atoms with van der Waals surface area (Å²) in [6.07, 6.45) is 0. The van der Waals surface area contributed by atoms with E-state index in [1.165, 1.54) is 4.88 Å². The number of nitrogens with one attached hydrogen (secondary N) is 1. The number of carbonyl (C=O) groups is 1. The second kappa shape index (κ2) is 7.98. The summed E-state index contributed by atoms with van der Waals surface area (Å²) in [5.41, 5.74) is 0. The van der Waals surface area contributed by atoms with Crippen LogP contribution >= 0.6 is 50.2 Å². The van der Waals surface area contributed by atoms with Crippen LogP contribution in [0, 0.1) is 0 Å². The number of rotatable bonds is 4. The Labute approximate surface area is 157 Å². The van der Waals surface area contributed by atoms with Gasteiger partial charge in [-0.25, -0.2) is 4.79 Å². The van der Waals surface area contributed by atoms with Gasteiger partial charge in [-0.15, -0.1) is 22.7 Å². The van der Waals surface area contributed by atoms with E-state index in [2.05, 4.69) is 32.2 Å². The number of nitrogens with zero attached hydrogens (tertiary/aromatic N) is 2. The van der Waals surface area contributed by atoms with Gasteiger partial charge in [0.2, 0.25) is 0 Å². The van der Waals surface area contributed by atoms with Crippen LogP contribution in [-0.4, -0.2) is 42.0 Å². The number of hydrogen-bond donors (Lipinski definition) is 1. The molecule has 0 bridgehead atoms. The first-order valence-electron chi connectivity index (χ1n) is 7.32. The first-order valence-corrected chi connectivity index (χ1v) is 10.2. The number of piperazine rings is 1. The van der Waals surface area contributed by atoms with Crippen molar-refractivity contribution in [1.82, 2.24) is 15.1 Å². The van der Waals surface area contributed by atoms with Gasteiger partial charge in [0.05, 0.1) is 10.9 Å². The van der Waals surface area contributed by atoms with E-state index in [9.17, 15) is 4.79 Å². The lowest BCUT2D eigenvalue weighted by atomic mass is 10.3. The van der Waals surface area contributed by atoms with Crippen LogP contribution in [-0.2, 0) is 13.1 Å². The highest BCUT2D eigenvalue weighted by atomic mass is 79.9. The molecule has 0 saturated carbocycles. The number of amides is 2. The zero-order valence-electron chi connectivity index (χ0n) is 12.4. The smallest absolute Gasteiger partial charge is 0.317 e. The molecule has 124 valence electrons. The van der Waals surface area contributed by atoms with Crippen LogP contribution in [0.1, 0.15) is 9.75 Å². The number of carbonyl (C=O) groups excluding carboxylic acids is 1. The van der Waals surface area contributed by atoms with Crippen LogP contribution in [0.3, 0.4) is 0 Å². The van der Waals surface area contributed by atoms with Crippen molar-refractivity contribution in [3.63, 3.8) is 0 Å². The Morgan fingerprint density at radius 1 is 1.26 bits per heavy atom. The summed E-state index contributed by atoms with van der Waals surface area (Å²) in [5, 5.41) is 5.02. The van der Waals surface area contributed by atoms with Gasteiger partial charge in [-0.2, -0.15) is 0 Å². The largest absolute Gasteiger partial charge is 0.333 e. The third-order valence-corrected chi connectivity index (χ3v) is 6.62. The third kappa shape index (κ3) is 4.93. The highest BCUT2D eigenvalue weighted by Crippen LogP contribution is 2.23. The second-order valence-electron chi connectivity index (χ2n) is 5.36. The van der Waals surface area contributed by atoms with Gasteiger partial charge >= 0.3 is 6.03 Å². The lowest BCUT2D eigenvalue weighted by molar-refractivity contribution is 0.136. The number of urea groups is 1.